The van der Waals surface area contributed by atoms with Gasteiger partial charge >= 0.3 is 12.3 Å². The van der Waals surface area contributed by atoms with E-state index in [2.05, 4.69) is 43.0 Å². The fourth-order valence-corrected chi connectivity index (χ4v) is 2.95. The molecule has 0 bridgehead atoms. The molecule has 0 radical (unpaired) electrons. The van der Waals surface area contributed by atoms with Crippen LogP contribution < -0.4 is 9.47 Å². The number of rotatable bonds is 9. The second kappa shape index (κ2) is 11.6. The maximum absolute atomic E-state index is 11.7. The molecule has 0 heterocycles. The molecule has 2 aromatic rings. The van der Waals surface area contributed by atoms with E-state index < -0.39 is 12.3 Å². The number of carbonyl (C=O) groups excluding carboxylic acids is 2. The Balaban J connectivity index is 2.01. The van der Waals surface area contributed by atoms with E-state index >= 15 is 0 Å². The number of halogens is 1. The SMILES string of the molecule is C=CCOC(=O)Oc1ccc(C(C)(C)c2ccc(OC(=O)OCCCI)cc2)cc1. The van der Waals surface area contributed by atoms with Gasteiger partial charge in [0.05, 0.1) is 6.61 Å². The summed E-state index contributed by atoms with van der Waals surface area (Å²) in [4.78, 5) is 23.2. The maximum atomic E-state index is 11.7. The predicted molar refractivity (Wildman–Crippen MR) is 123 cm³/mol. The van der Waals surface area contributed by atoms with Crippen molar-refractivity contribution >= 4 is 34.9 Å². The third-order valence-electron chi connectivity index (χ3n) is 4.37. The van der Waals surface area contributed by atoms with Crippen LogP contribution in [0, 0.1) is 0 Å². The molecule has 0 amide bonds. The standard InChI is InChI=1S/C23H25IO6/c1-4-15-27-21(25)29-19-10-6-17(7-11-19)23(2,3)18-8-12-20(13-9-18)30-22(26)28-16-5-14-24/h4,6-13H,1,5,14-16H2,2-3H3. The lowest BCUT2D eigenvalue weighted by molar-refractivity contribution is 0.0995. The molecule has 2 aromatic carbocycles. The summed E-state index contributed by atoms with van der Waals surface area (Å²) in [5.41, 5.74) is 1.75. The quantitative estimate of drug-likeness (QED) is 0.0993. The Bertz CT molecular complexity index is 843. The minimum Gasteiger partial charge on any atom is -0.434 e. The molecule has 0 aliphatic rings. The topological polar surface area (TPSA) is 71.1 Å². The molecule has 2 rings (SSSR count). The van der Waals surface area contributed by atoms with E-state index in [4.69, 9.17) is 18.9 Å². The van der Waals surface area contributed by atoms with Crippen molar-refractivity contribution in [2.45, 2.75) is 25.7 Å². The zero-order valence-electron chi connectivity index (χ0n) is 17.1. The van der Waals surface area contributed by atoms with Crippen molar-refractivity contribution in [2.24, 2.45) is 0 Å². The first kappa shape index (κ1) is 23.7. The highest BCUT2D eigenvalue weighted by molar-refractivity contribution is 14.1. The summed E-state index contributed by atoms with van der Waals surface area (Å²) in [6, 6.07) is 14.5. The van der Waals surface area contributed by atoms with Crippen molar-refractivity contribution in [1.29, 1.82) is 0 Å². The lowest BCUT2D eigenvalue weighted by Gasteiger charge is -2.26. The Morgan fingerprint density at radius 2 is 1.37 bits per heavy atom. The van der Waals surface area contributed by atoms with Crippen LogP contribution in [0.15, 0.2) is 61.2 Å². The van der Waals surface area contributed by atoms with Gasteiger partial charge in [0, 0.05) is 9.84 Å². The molecule has 0 spiro atoms. The Hall–Kier alpha value is -2.55. The average molecular weight is 524 g/mol. The third kappa shape index (κ3) is 7.05. The van der Waals surface area contributed by atoms with Crippen LogP contribution >= 0.6 is 22.6 Å². The smallest absolute Gasteiger partial charge is 0.434 e. The molecule has 0 N–H and O–H groups in total. The molecule has 7 heteroatoms. The minimum absolute atomic E-state index is 0.0970. The van der Waals surface area contributed by atoms with E-state index in [1.54, 1.807) is 24.3 Å². The van der Waals surface area contributed by atoms with Gasteiger partial charge in [-0.15, -0.1) is 0 Å². The Labute approximate surface area is 190 Å². The molecule has 30 heavy (non-hydrogen) atoms. The number of carbonyl (C=O) groups is 2. The zero-order valence-corrected chi connectivity index (χ0v) is 19.2. The van der Waals surface area contributed by atoms with Crippen molar-refractivity contribution in [3.8, 4) is 11.5 Å². The summed E-state index contributed by atoms with van der Waals surface area (Å²) in [5, 5.41) is 0. The van der Waals surface area contributed by atoms with Crippen molar-refractivity contribution in [3.63, 3.8) is 0 Å². The van der Waals surface area contributed by atoms with Crippen LogP contribution in [0.3, 0.4) is 0 Å². The summed E-state index contributed by atoms with van der Waals surface area (Å²) in [6.07, 6.45) is 0.792. The third-order valence-corrected chi connectivity index (χ3v) is 5.13. The Morgan fingerprint density at radius 3 is 1.80 bits per heavy atom. The number of benzene rings is 2. The molecule has 0 aliphatic heterocycles. The summed E-state index contributed by atoms with van der Waals surface area (Å²) in [6.45, 7) is 8.08. The molecule has 0 aromatic heterocycles. The van der Waals surface area contributed by atoms with Crippen LogP contribution in [-0.4, -0.2) is 30.0 Å². The molecule has 0 atom stereocenters. The summed E-state index contributed by atoms with van der Waals surface area (Å²) < 4.78 is 21.0. The molecule has 160 valence electrons. The van der Waals surface area contributed by atoms with E-state index in [9.17, 15) is 9.59 Å². The molecule has 0 aliphatic carbocycles. The van der Waals surface area contributed by atoms with Crippen LogP contribution in [0.1, 0.15) is 31.4 Å². The maximum Gasteiger partial charge on any atom is 0.514 e. The van der Waals surface area contributed by atoms with Gasteiger partial charge in [0.2, 0.25) is 0 Å². The number of ether oxygens (including phenoxy) is 4. The second-order valence-corrected chi connectivity index (χ2v) is 7.95. The monoisotopic (exact) mass is 524 g/mol. The Morgan fingerprint density at radius 1 is 0.900 bits per heavy atom. The van der Waals surface area contributed by atoms with Gasteiger partial charge in [-0.3, -0.25) is 0 Å². The molecule has 0 fully saturated rings. The number of hydrogen-bond acceptors (Lipinski definition) is 6. The van der Waals surface area contributed by atoms with Crippen molar-refractivity contribution in [2.75, 3.05) is 17.6 Å². The largest absolute Gasteiger partial charge is 0.514 e. The molecule has 0 unspecified atom stereocenters. The van der Waals surface area contributed by atoms with E-state index in [1.807, 2.05) is 24.3 Å². The Kier molecular flexibility index (Phi) is 9.16. The van der Waals surface area contributed by atoms with Gasteiger partial charge in [0.25, 0.3) is 0 Å². The first-order valence-corrected chi connectivity index (χ1v) is 11.0. The number of hydrogen-bond donors (Lipinski definition) is 0. The van der Waals surface area contributed by atoms with Crippen molar-refractivity contribution < 1.29 is 28.5 Å². The molecular formula is C23H25IO6. The molecule has 0 saturated carbocycles. The second-order valence-electron chi connectivity index (χ2n) is 6.87. The summed E-state index contributed by atoms with van der Waals surface area (Å²) in [5.74, 6) is 0.823. The predicted octanol–water partition coefficient (Wildman–Crippen LogP) is 6.05. The van der Waals surface area contributed by atoms with Gasteiger partial charge in [-0.1, -0.05) is 73.4 Å². The molecular weight excluding hydrogens is 499 g/mol. The van der Waals surface area contributed by atoms with Crippen molar-refractivity contribution in [1.82, 2.24) is 0 Å². The van der Waals surface area contributed by atoms with Crippen molar-refractivity contribution in [3.05, 3.63) is 72.3 Å². The van der Waals surface area contributed by atoms with Crippen LogP contribution in [0.25, 0.3) is 0 Å². The zero-order chi connectivity index (χ0) is 22.0. The van der Waals surface area contributed by atoms with E-state index in [0.717, 1.165) is 22.0 Å². The lowest BCUT2D eigenvalue weighted by Crippen LogP contribution is -2.19. The van der Waals surface area contributed by atoms with E-state index in [0.29, 0.717) is 18.1 Å². The summed E-state index contributed by atoms with van der Waals surface area (Å²) in [7, 11) is 0. The van der Waals surface area contributed by atoms with Crippen LogP contribution in [0.5, 0.6) is 11.5 Å². The van der Waals surface area contributed by atoms with Gasteiger partial charge in [-0.25, -0.2) is 9.59 Å². The van der Waals surface area contributed by atoms with Crippen LogP contribution in [0.4, 0.5) is 9.59 Å². The highest BCUT2D eigenvalue weighted by Crippen LogP contribution is 2.33. The fraction of sp³-hybridized carbons (Fsp3) is 0.304. The van der Waals surface area contributed by atoms with Gasteiger partial charge in [0.1, 0.15) is 18.1 Å². The normalized spacial score (nSPS) is 10.8. The first-order valence-electron chi connectivity index (χ1n) is 9.44. The van der Waals surface area contributed by atoms with Crippen LogP contribution in [-0.2, 0) is 14.9 Å². The highest BCUT2D eigenvalue weighted by Gasteiger charge is 2.23. The van der Waals surface area contributed by atoms with Gasteiger partial charge in [-0.05, 0) is 41.8 Å². The first-order chi connectivity index (χ1) is 14.4. The highest BCUT2D eigenvalue weighted by atomic mass is 127. The van der Waals surface area contributed by atoms with Gasteiger partial charge in [0.15, 0.2) is 0 Å². The lowest BCUT2D eigenvalue weighted by atomic mass is 9.78. The van der Waals surface area contributed by atoms with E-state index in [1.165, 1.54) is 6.08 Å². The minimum atomic E-state index is -0.773. The van der Waals surface area contributed by atoms with Gasteiger partial charge in [-0.2, -0.15) is 0 Å². The van der Waals surface area contributed by atoms with Crippen LogP contribution in [0.2, 0.25) is 0 Å². The molecule has 0 saturated heterocycles. The van der Waals surface area contributed by atoms with Gasteiger partial charge < -0.3 is 18.9 Å². The fourth-order valence-electron chi connectivity index (χ4n) is 2.63. The molecule has 6 nitrogen and oxygen atoms in total. The van der Waals surface area contributed by atoms with E-state index in [-0.39, 0.29) is 12.0 Å². The summed E-state index contributed by atoms with van der Waals surface area (Å²) >= 11 is 2.22. The average Bonchev–Trinajstić information content (AvgIpc) is 2.73. The number of alkyl halides is 1.